The molecule has 1 aromatic rings. The van der Waals surface area contributed by atoms with Crippen molar-refractivity contribution in [2.24, 2.45) is 5.92 Å². The quantitative estimate of drug-likeness (QED) is 0.766. The summed E-state index contributed by atoms with van der Waals surface area (Å²) in [4.78, 5) is 12.2. The van der Waals surface area contributed by atoms with Gasteiger partial charge in [0.15, 0.2) is 17.3 Å². The van der Waals surface area contributed by atoms with E-state index in [4.69, 9.17) is 9.47 Å². The molecule has 0 aliphatic carbocycles. The summed E-state index contributed by atoms with van der Waals surface area (Å²) in [5.41, 5.74) is 0.651. The molecule has 1 aromatic carbocycles. The molecule has 0 saturated heterocycles. The van der Waals surface area contributed by atoms with E-state index < -0.39 is 5.92 Å². The maximum atomic E-state index is 12.2. The molecule has 0 radical (unpaired) electrons. The van der Waals surface area contributed by atoms with Gasteiger partial charge in [-0.15, -0.1) is 0 Å². The van der Waals surface area contributed by atoms with E-state index in [2.05, 4.69) is 6.07 Å². The van der Waals surface area contributed by atoms with Crippen LogP contribution in [0.15, 0.2) is 18.2 Å². The van der Waals surface area contributed by atoms with Gasteiger partial charge in [0.25, 0.3) is 0 Å². The second-order valence-corrected chi connectivity index (χ2v) is 4.86. The Balaban J connectivity index is 3.01. The fourth-order valence-corrected chi connectivity index (χ4v) is 1.97. The number of nitrogens with zero attached hydrogens (tertiary/aromatic N) is 1. The molecule has 0 aliphatic rings. The molecular formula is C16H21NO3. The van der Waals surface area contributed by atoms with Gasteiger partial charge in [-0.1, -0.05) is 26.3 Å². The van der Waals surface area contributed by atoms with Gasteiger partial charge in [-0.2, -0.15) is 5.26 Å². The van der Waals surface area contributed by atoms with Crippen molar-refractivity contribution >= 4 is 5.78 Å². The molecule has 2 atom stereocenters. The van der Waals surface area contributed by atoms with Crippen molar-refractivity contribution in [3.8, 4) is 17.6 Å². The molecule has 108 valence electrons. The predicted molar refractivity (Wildman–Crippen MR) is 77.0 cm³/mol. The van der Waals surface area contributed by atoms with E-state index in [1.165, 1.54) is 7.11 Å². The Morgan fingerprint density at radius 1 is 1.30 bits per heavy atom. The zero-order valence-electron chi connectivity index (χ0n) is 12.5. The Morgan fingerprint density at radius 2 is 1.95 bits per heavy atom. The largest absolute Gasteiger partial charge is 0.493 e. The average Bonchev–Trinajstić information content (AvgIpc) is 2.47. The minimum absolute atomic E-state index is 0.0472. The van der Waals surface area contributed by atoms with Crippen molar-refractivity contribution in [2.75, 3.05) is 14.2 Å². The third-order valence-electron chi connectivity index (χ3n) is 3.44. The monoisotopic (exact) mass is 275 g/mol. The van der Waals surface area contributed by atoms with Crippen LogP contribution < -0.4 is 9.47 Å². The van der Waals surface area contributed by atoms with Crippen LogP contribution in [0.4, 0.5) is 0 Å². The van der Waals surface area contributed by atoms with Crippen molar-refractivity contribution in [1.82, 2.24) is 0 Å². The highest BCUT2D eigenvalue weighted by molar-refractivity contribution is 5.88. The van der Waals surface area contributed by atoms with Gasteiger partial charge in [-0.3, -0.25) is 4.79 Å². The summed E-state index contributed by atoms with van der Waals surface area (Å²) in [6.45, 7) is 4.05. The van der Waals surface area contributed by atoms with Crippen LogP contribution in [0.5, 0.6) is 11.5 Å². The SMILES string of the molecule is CCC(C)CC(=O)C(C#N)c1ccc(OC)c(OC)c1. The number of Topliss-reactive ketones (excluding diaryl/α,β-unsaturated/α-hetero) is 1. The zero-order valence-corrected chi connectivity index (χ0v) is 12.5. The normalized spacial score (nSPS) is 13.2. The molecular weight excluding hydrogens is 254 g/mol. The predicted octanol–water partition coefficient (Wildman–Crippen LogP) is 3.32. The second kappa shape index (κ2) is 7.54. The molecule has 0 heterocycles. The highest BCUT2D eigenvalue weighted by atomic mass is 16.5. The molecule has 0 saturated carbocycles. The van der Waals surface area contributed by atoms with Crippen LogP contribution in [0.25, 0.3) is 0 Å². The van der Waals surface area contributed by atoms with Crippen LogP contribution in [0.2, 0.25) is 0 Å². The van der Waals surface area contributed by atoms with Crippen LogP contribution in [-0.2, 0) is 4.79 Å². The van der Waals surface area contributed by atoms with Crippen LogP contribution in [0.3, 0.4) is 0 Å². The summed E-state index contributed by atoms with van der Waals surface area (Å²) < 4.78 is 10.4. The molecule has 0 aliphatic heterocycles. The fourth-order valence-electron chi connectivity index (χ4n) is 1.97. The first kappa shape index (κ1) is 16.0. The summed E-state index contributed by atoms with van der Waals surface area (Å²) in [6.07, 6.45) is 1.35. The molecule has 4 heteroatoms. The van der Waals surface area contributed by atoms with E-state index in [0.29, 0.717) is 29.4 Å². The van der Waals surface area contributed by atoms with Gasteiger partial charge in [0.2, 0.25) is 0 Å². The second-order valence-electron chi connectivity index (χ2n) is 4.86. The molecule has 2 unspecified atom stereocenters. The molecule has 20 heavy (non-hydrogen) atoms. The third kappa shape index (κ3) is 3.74. The zero-order chi connectivity index (χ0) is 15.1. The Hall–Kier alpha value is -2.02. The van der Waals surface area contributed by atoms with E-state index in [-0.39, 0.29) is 5.78 Å². The first-order valence-electron chi connectivity index (χ1n) is 6.71. The lowest BCUT2D eigenvalue weighted by molar-refractivity contribution is -0.120. The third-order valence-corrected chi connectivity index (χ3v) is 3.44. The van der Waals surface area contributed by atoms with Gasteiger partial charge in [-0.25, -0.2) is 0 Å². The standard InChI is InChI=1S/C16H21NO3/c1-5-11(2)8-14(18)13(10-17)12-6-7-15(19-3)16(9-12)20-4/h6-7,9,11,13H,5,8H2,1-4H3. The van der Waals surface area contributed by atoms with Gasteiger partial charge in [0.05, 0.1) is 20.3 Å². The first-order valence-corrected chi connectivity index (χ1v) is 6.71. The fraction of sp³-hybridized carbons (Fsp3) is 0.500. The van der Waals surface area contributed by atoms with Gasteiger partial charge in [-0.05, 0) is 23.6 Å². The van der Waals surface area contributed by atoms with Gasteiger partial charge >= 0.3 is 0 Å². The molecule has 4 nitrogen and oxygen atoms in total. The lowest BCUT2D eigenvalue weighted by Crippen LogP contribution is -2.14. The van der Waals surface area contributed by atoms with E-state index in [0.717, 1.165) is 6.42 Å². The lowest BCUT2D eigenvalue weighted by atomic mass is 9.89. The van der Waals surface area contributed by atoms with Crippen molar-refractivity contribution in [3.05, 3.63) is 23.8 Å². The molecule has 0 bridgehead atoms. The number of ether oxygens (including phenoxy) is 2. The number of rotatable bonds is 7. The van der Waals surface area contributed by atoms with Crippen LogP contribution in [-0.4, -0.2) is 20.0 Å². The summed E-state index contributed by atoms with van der Waals surface area (Å²) >= 11 is 0. The Morgan fingerprint density at radius 3 is 2.45 bits per heavy atom. The molecule has 0 aromatic heterocycles. The van der Waals surface area contributed by atoms with Crippen molar-refractivity contribution < 1.29 is 14.3 Å². The molecule has 1 rings (SSSR count). The summed E-state index contributed by atoms with van der Waals surface area (Å²) in [7, 11) is 3.08. The first-order chi connectivity index (χ1) is 9.57. The summed E-state index contributed by atoms with van der Waals surface area (Å²) in [6, 6.07) is 7.24. The minimum atomic E-state index is -0.746. The number of benzene rings is 1. The number of ketones is 1. The summed E-state index contributed by atoms with van der Waals surface area (Å²) in [5, 5.41) is 9.28. The Bertz CT molecular complexity index is 505. The number of hydrogen-bond acceptors (Lipinski definition) is 4. The number of nitriles is 1. The van der Waals surface area contributed by atoms with Crippen molar-refractivity contribution in [1.29, 1.82) is 5.26 Å². The Labute approximate surface area is 120 Å². The smallest absolute Gasteiger partial charge is 0.161 e. The molecule has 0 fully saturated rings. The molecule has 0 amide bonds. The number of methoxy groups -OCH3 is 2. The van der Waals surface area contributed by atoms with Crippen molar-refractivity contribution in [3.63, 3.8) is 0 Å². The Kier molecular flexibility index (Phi) is 6.05. The number of carbonyl (C=O) groups is 1. The maximum Gasteiger partial charge on any atom is 0.161 e. The van der Waals surface area contributed by atoms with Crippen LogP contribution in [0, 0.1) is 17.2 Å². The van der Waals surface area contributed by atoms with Gasteiger partial charge in [0.1, 0.15) is 5.92 Å². The number of hydrogen-bond donors (Lipinski definition) is 0. The van der Waals surface area contributed by atoms with Gasteiger partial charge in [0, 0.05) is 6.42 Å². The highest BCUT2D eigenvalue weighted by Crippen LogP contribution is 2.31. The van der Waals surface area contributed by atoms with E-state index in [1.807, 2.05) is 13.8 Å². The molecule has 0 spiro atoms. The van der Waals surface area contributed by atoms with E-state index in [9.17, 15) is 10.1 Å². The topological polar surface area (TPSA) is 59.3 Å². The molecule has 0 N–H and O–H groups in total. The van der Waals surface area contributed by atoms with Crippen LogP contribution >= 0.6 is 0 Å². The number of carbonyl (C=O) groups excluding carboxylic acids is 1. The summed E-state index contributed by atoms with van der Waals surface area (Å²) in [5.74, 6) is 0.611. The van der Waals surface area contributed by atoms with E-state index >= 15 is 0 Å². The van der Waals surface area contributed by atoms with Crippen molar-refractivity contribution in [2.45, 2.75) is 32.6 Å². The van der Waals surface area contributed by atoms with E-state index in [1.54, 1.807) is 25.3 Å². The average molecular weight is 275 g/mol. The van der Waals surface area contributed by atoms with Gasteiger partial charge < -0.3 is 9.47 Å². The maximum absolute atomic E-state index is 12.2. The highest BCUT2D eigenvalue weighted by Gasteiger charge is 2.22. The lowest BCUT2D eigenvalue weighted by Gasteiger charge is -2.14. The minimum Gasteiger partial charge on any atom is -0.493 e. The van der Waals surface area contributed by atoms with Crippen LogP contribution in [0.1, 0.15) is 38.2 Å².